The highest BCUT2D eigenvalue weighted by Gasteiger charge is 2.31. The summed E-state index contributed by atoms with van der Waals surface area (Å²) in [6.07, 6.45) is -4.58. The molecule has 8 nitrogen and oxygen atoms in total. The van der Waals surface area contributed by atoms with Gasteiger partial charge in [0, 0.05) is 24.0 Å². The van der Waals surface area contributed by atoms with E-state index in [-0.39, 0.29) is 45.3 Å². The number of carbonyl (C=O) groups is 1. The van der Waals surface area contributed by atoms with Gasteiger partial charge in [-0.15, -0.1) is 13.2 Å². The number of benzene rings is 2. The molecule has 0 aliphatic rings. The summed E-state index contributed by atoms with van der Waals surface area (Å²) in [6.45, 7) is -0.701. The van der Waals surface area contributed by atoms with E-state index in [4.69, 9.17) is 37.8 Å². The maximum absolute atomic E-state index is 13.0. The number of anilines is 1. The molecule has 2 aromatic carbocycles. The molecule has 0 saturated carbocycles. The van der Waals surface area contributed by atoms with E-state index in [1.807, 2.05) is 0 Å². The van der Waals surface area contributed by atoms with Gasteiger partial charge in [0.25, 0.3) is 5.91 Å². The van der Waals surface area contributed by atoms with Gasteiger partial charge >= 0.3 is 6.36 Å². The van der Waals surface area contributed by atoms with Crippen LogP contribution in [0.1, 0.15) is 10.4 Å². The topological polar surface area (TPSA) is 110 Å². The first-order valence-electron chi connectivity index (χ1n) is 9.76. The number of alkyl halides is 3. The van der Waals surface area contributed by atoms with Crippen LogP contribution in [0.5, 0.6) is 23.1 Å². The molecule has 3 rings (SSSR count). The Morgan fingerprint density at radius 3 is 2.37 bits per heavy atom. The van der Waals surface area contributed by atoms with Gasteiger partial charge in [-0.3, -0.25) is 4.79 Å². The number of aliphatic hydroxyl groups is 2. The minimum Gasteiger partial charge on any atom is -0.475 e. The second-order valence-electron chi connectivity index (χ2n) is 6.87. The highest BCUT2D eigenvalue weighted by molar-refractivity contribution is 6.42. The van der Waals surface area contributed by atoms with E-state index in [0.717, 1.165) is 12.1 Å². The lowest BCUT2D eigenvalue weighted by molar-refractivity contribution is -0.274. The third-order valence-corrected chi connectivity index (χ3v) is 4.90. The van der Waals surface area contributed by atoms with Crippen LogP contribution in [0.25, 0.3) is 0 Å². The van der Waals surface area contributed by atoms with Crippen molar-refractivity contribution in [2.75, 3.05) is 18.5 Å². The van der Waals surface area contributed by atoms with Crippen molar-refractivity contribution in [3.63, 3.8) is 0 Å². The van der Waals surface area contributed by atoms with Crippen molar-refractivity contribution in [1.29, 1.82) is 0 Å². The summed E-state index contributed by atoms with van der Waals surface area (Å²) in [5, 5.41) is 21.0. The second kappa shape index (κ2) is 11.5. The molecule has 3 N–H and O–H groups in total. The summed E-state index contributed by atoms with van der Waals surface area (Å²) in [7, 11) is 0. The Labute approximate surface area is 206 Å². The molecule has 0 bridgehead atoms. The van der Waals surface area contributed by atoms with E-state index >= 15 is 0 Å². The molecule has 3 aromatic rings. The Bertz CT molecular complexity index is 1180. The Kier molecular flexibility index (Phi) is 8.62. The average molecular weight is 533 g/mol. The van der Waals surface area contributed by atoms with Gasteiger partial charge in [0.15, 0.2) is 0 Å². The number of carbonyl (C=O) groups excluding carboxylic acids is 1. The fourth-order valence-corrected chi connectivity index (χ4v) is 2.94. The predicted octanol–water partition coefficient (Wildman–Crippen LogP) is 5.06. The zero-order chi connectivity index (χ0) is 25.6. The SMILES string of the molecule is O=C(Nc1ccnc(OC[C@H](O)CO)c1)c1cc(Cl)c(Cl)cc1Oc1ccc(OC(F)(F)F)cc1. The van der Waals surface area contributed by atoms with Gasteiger partial charge in [0.2, 0.25) is 5.88 Å². The minimum atomic E-state index is -4.84. The van der Waals surface area contributed by atoms with Crippen LogP contribution in [0.15, 0.2) is 54.7 Å². The summed E-state index contributed by atoms with van der Waals surface area (Å²) in [4.78, 5) is 16.9. The lowest BCUT2D eigenvalue weighted by Crippen LogP contribution is -2.21. The second-order valence-corrected chi connectivity index (χ2v) is 7.68. The largest absolute Gasteiger partial charge is 0.573 e. The van der Waals surface area contributed by atoms with E-state index in [1.54, 1.807) is 0 Å². The number of pyridine rings is 1. The molecule has 1 heterocycles. The van der Waals surface area contributed by atoms with Crippen LogP contribution < -0.4 is 19.5 Å². The minimum absolute atomic E-state index is 0.0158. The lowest BCUT2D eigenvalue weighted by Gasteiger charge is -2.14. The van der Waals surface area contributed by atoms with Crippen LogP contribution in [0.4, 0.5) is 18.9 Å². The molecule has 0 aliphatic carbocycles. The van der Waals surface area contributed by atoms with Crippen molar-refractivity contribution in [3.8, 4) is 23.1 Å². The van der Waals surface area contributed by atoms with Gasteiger partial charge in [-0.2, -0.15) is 0 Å². The van der Waals surface area contributed by atoms with Crippen LogP contribution >= 0.6 is 23.2 Å². The van der Waals surface area contributed by atoms with Gasteiger partial charge in [0.05, 0.1) is 22.2 Å². The average Bonchev–Trinajstić information content (AvgIpc) is 2.80. The van der Waals surface area contributed by atoms with Gasteiger partial charge in [-0.25, -0.2) is 4.98 Å². The Balaban J connectivity index is 1.79. The maximum atomic E-state index is 13.0. The Morgan fingerprint density at radius 1 is 1.06 bits per heavy atom. The molecular weight excluding hydrogens is 516 g/mol. The van der Waals surface area contributed by atoms with Crippen molar-refractivity contribution >= 4 is 34.8 Å². The van der Waals surface area contributed by atoms with E-state index in [1.165, 1.54) is 42.6 Å². The first-order valence-corrected chi connectivity index (χ1v) is 10.5. The number of hydrogen-bond acceptors (Lipinski definition) is 7. The summed E-state index contributed by atoms with van der Waals surface area (Å²) in [5.74, 6) is -0.920. The zero-order valence-electron chi connectivity index (χ0n) is 17.6. The molecule has 0 fully saturated rings. The number of nitrogens with zero attached hydrogens (tertiary/aromatic N) is 1. The standard InChI is InChI=1S/C22H17Cl2F3N2O6/c23-17-8-16(21(32)29-12-5-6-28-20(7-12)33-11-13(31)10-30)19(9-18(17)24)34-14-1-3-15(4-2-14)35-22(25,26)27/h1-9,13,30-31H,10-11H2,(H,28,29,32)/t13-/m1/s1. The quantitative estimate of drug-likeness (QED) is 0.353. The molecule has 35 heavy (non-hydrogen) atoms. The van der Waals surface area contributed by atoms with Gasteiger partial charge < -0.3 is 29.7 Å². The van der Waals surface area contributed by atoms with Gasteiger partial charge in [-0.05, 0) is 36.4 Å². The molecule has 0 aliphatic heterocycles. The zero-order valence-corrected chi connectivity index (χ0v) is 19.1. The van der Waals surface area contributed by atoms with Gasteiger partial charge in [-0.1, -0.05) is 23.2 Å². The van der Waals surface area contributed by atoms with E-state index in [9.17, 15) is 23.1 Å². The monoisotopic (exact) mass is 532 g/mol. The summed E-state index contributed by atoms with van der Waals surface area (Å²) in [5.41, 5.74) is 0.258. The van der Waals surface area contributed by atoms with Crippen molar-refractivity contribution in [1.82, 2.24) is 4.98 Å². The molecular formula is C22H17Cl2F3N2O6. The molecule has 0 radical (unpaired) electrons. The smallest absolute Gasteiger partial charge is 0.475 e. The van der Waals surface area contributed by atoms with Crippen molar-refractivity contribution in [2.45, 2.75) is 12.5 Å². The number of halogens is 5. The molecule has 1 amide bonds. The van der Waals surface area contributed by atoms with E-state index in [0.29, 0.717) is 0 Å². The summed E-state index contributed by atoms with van der Waals surface area (Å²) < 4.78 is 51.8. The molecule has 0 unspecified atom stereocenters. The van der Waals surface area contributed by atoms with Crippen LogP contribution in [-0.4, -0.2) is 46.8 Å². The first-order chi connectivity index (χ1) is 16.5. The van der Waals surface area contributed by atoms with Crippen LogP contribution in [0, 0.1) is 0 Å². The van der Waals surface area contributed by atoms with Crippen molar-refractivity contribution in [2.24, 2.45) is 0 Å². The summed E-state index contributed by atoms with van der Waals surface area (Å²) in [6, 6.07) is 9.96. The van der Waals surface area contributed by atoms with Crippen molar-refractivity contribution in [3.05, 3.63) is 70.3 Å². The fraction of sp³-hybridized carbons (Fsp3) is 0.182. The molecule has 0 spiro atoms. The van der Waals surface area contributed by atoms with Crippen LogP contribution in [0.2, 0.25) is 10.0 Å². The maximum Gasteiger partial charge on any atom is 0.573 e. The lowest BCUT2D eigenvalue weighted by atomic mass is 10.1. The molecule has 186 valence electrons. The molecule has 1 aromatic heterocycles. The number of rotatable bonds is 9. The number of aliphatic hydroxyl groups excluding tert-OH is 2. The van der Waals surface area contributed by atoms with Crippen molar-refractivity contribution < 1.29 is 42.4 Å². The number of ether oxygens (including phenoxy) is 3. The van der Waals surface area contributed by atoms with E-state index in [2.05, 4.69) is 15.0 Å². The van der Waals surface area contributed by atoms with Gasteiger partial charge in [0.1, 0.15) is 30.0 Å². The first kappa shape index (κ1) is 26.4. The van der Waals surface area contributed by atoms with E-state index < -0.39 is 30.7 Å². The Morgan fingerprint density at radius 2 is 1.71 bits per heavy atom. The third-order valence-electron chi connectivity index (χ3n) is 4.18. The third kappa shape index (κ3) is 7.89. The molecule has 1 atom stereocenters. The van der Waals surface area contributed by atoms with Crippen LogP contribution in [0.3, 0.4) is 0 Å². The van der Waals surface area contributed by atoms with Crippen LogP contribution in [-0.2, 0) is 0 Å². The number of amides is 1. The Hall–Kier alpha value is -3.25. The number of hydrogen-bond donors (Lipinski definition) is 3. The summed E-state index contributed by atoms with van der Waals surface area (Å²) >= 11 is 12.1. The number of nitrogens with one attached hydrogen (secondary N) is 1. The number of aromatic nitrogens is 1. The molecule has 0 saturated heterocycles. The highest BCUT2D eigenvalue weighted by Crippen LogP contribution is 2.35. The fourth-order valence-electron chi connectivity index (χ4n) is 2.63. The molecule has 13 heteroatoms. The predicted molar refractivity (Wildman–Crippen MR) is 120 cm³/mol. The normalized spacial score (nSPS) is 12.1. The highest BCUT2D eigenvalue weighted by atomic mass is 35.5.